The Hall–Kier alpha value is -1.65. The number of rotatable bonds is 1. The molecule has 0 bridgehead atoms. The van der Waals surface area contributed by atoms with Crippen molar-refractivity contribution in [3.8, 4) is 0 Å². The number of hydrogen-bond acceptors (Lipinski definition) is 4. The van der Waals surface area contributed by atoms with Gasteiger partial charge in [-0.05, 0) is 6.08 Å². The van der Waals surface area contributed by atoms with Crippen molar-refractivity contribution in [2.24, 2.45) is 5.92 Å². The van der Waals surface area contributed by atoms with E-state index in [2.05, 4.69) is 4.74 Å². The van der Waals surface area contributed by atoms with Gasteiger partial charge in [0.1, 0.15) is 0 Å². The molecule has 1 rings (SSSR count). The van der Waals surface area contributed by atoms with Gasteiger partial charge in [0.05, 0.1) is 7.11 Å². The fourth-order valence-electron chi connectivity index (χ4n) is 1.02. The monoisotopic (exact) mass is 183 g/mol. The average Bonchev–Trinajstić information content (AvgIpc) is 2.12. The Labute approximate surface area is 75.0 Å². The molecule has 0 aromatic rings. The highest BCUT2D eigenvalue weighted by molar-refractivity contribution is 6.21. The number of carbonyl (C=O) groups is 3. The molecule has 0 aromatic heterocycles. The Bertz CT molecular complexity index is 295. The van der Waals surface area contributed by atoms with Gasteiger partial charge >= 0.3 is 5.97 Å². The first-order chi connectivity index (χ1) is 6.07. The van der Waals surface area contributed by atoms with Gasteiger partial charge in [0.25, 0.3) is 0 Å². The van der Waals surface area contributed by atoms with Crippen LogP contribution in [0.1, 0.15) is 0 Å². The molecule has 0 radical (unpaired) electrons. The van der Waals surface area contributed by atoms with Crippen LogP contribution in [0, 0.1) is 5.92 Å². The molecule has 0 saturated heterocycles. The summed E-state index contributed by atoms with van der Waals surface area (Å²) in [7, 11) is 2.61. The molecule has 13 heavy (non-hydrogen) atoms. The van der Waals surface area contributed by atoms with Crippen LogP contribution in [0.2, 0.25) is 0 Å². The summed E-state index contributed by atoms with van der Waals surface area (Å²) in [5.41, 5.74) is 0. The fourth-order valence-corrected chi connectivity index (χ4v) is 1.02. The van der Waals surface area contributed by atoms with Crippen molar-refractivity contribution in [2.45, 2.75) is 0 Å². The van der Waals surface area contributed by atoms with E-state index in [-0.39, 0.29) is 0 Å². The molecule has 0 aromatic carbocycles. The number of carbonyl (C=O) groups excluding carboxylic acids is 3. The van der Waals surface area contributed by atoms with E-state index in [1.807, 2.05) is 0 Å². The smallest absolute Gasteiger partial charge is 0.326 e. The molecule has 0 aliphatic carbocycles. The summed E-state index contributed by atoms with van der Waals surface area (Å²) in [4.78, 5) is 34.6. The summed E-state index contributed by atoms with van der Waals surface area (Å²) in [5, 5.41) is 0. The SMILES string of the molecule is COC(=O)[C@@H]1C(=O)C=CN(C)C1=O. The third-order valence-corrected chi connectivity index (χ3v) is 1.78. The van der Waals surface area contributed by atoms with Crippen LogP contribution in [0.25, 0.3) is 0 Å². The van der Waals surface area contributed by atoms with E-state index in [0.717, 1.165) is 7.11 Å². The van der Waals surface area contributed by atoms with Gasteiger partial charge in [-0.15, -0.1) is 0 Å². The lowest BCUT2D eigenvalue weighted by atomic mass is 10.0. The zero-order chi connectivity index (χ0) is 10.0. The predicted molar refractivity (Wildman–Crippen MR) is 42.4 cm³/mol. The van der Waals surface area contributed by atoms with Crippen LogP contribution < -0.4 is 0 Å². The summed E-state index contributed by atoms with van der Waals surface area (Å²) in [6.07, 6.45) is 2.51. The first kappa shape index (κ1) is 9.44. The molecule has 1 amide bonds. The Morgan fingerprint density at radius 3 is 2.69 bits per heavy atom. The van der Waals surface area contributed by atoms with Crippen LogP contribution in [0.5, 0.6) is 0 Å². The Balaban J connectivity index is 2.96. The van der Waals surface area contributed by atoms with Crippen molar-refractivity contribution in [3.05, 3.63) is 12.3 Å². The lowest BCUT2D eigenvalue weighted by molar-refractivity contribution is -0.155. The molecule has 0 fully saturated rings. The Morgan fingerprint density at radius 1 is 1.54 bits per heavy atom. The van der Waals surface area contributed by atoms with Crippen LogP contribution >= 0.6 is 0 Å². The molecule has 1 atom stereocenters. The maximum absolute atomic E-state index is 11.3. The average molecular weight is 183 g/mol. The summed E-state index contributed by atoms with van der Waals surface area (Å²) in [6.45, 7) is 0. The van der Waals surface area contributed by atoms with Gasteiger partial charge in [-0.3, -0.25) is 14.4 Å². The van der Waals surface area contributed by atoms with Crippen LogP contribution in [-0.4, -0.2) is 36.7 Å². The highest BCUT2D eigenvalue weighted by Gasteiger charge is 2.37. The van der Waals surface area contributed by atoms with Crippen LogP contribution in [0.15, 0.2) is 12.3 Å². The summed E-state index contributed by atoms with van der Waals surface area (Å²) in [5.74, 6) is -3.22. The quantitative estimate of drug-likeness (QED) is 0.399. The molecular weight excluding hydrogens is 174 g/mol. The normalized spacial score (nSPS) is 22.0. The standard InChI is InChI=1S/C8H9NO4/c1-9-4-3-5(10)6(7(9)11)8(12)13-2/h3-4,6H,1-2H3/t6-/m1/s1. The predicted octanol–water partition coefficient (Wildman–Crippen LogP) is -0.670. The minimum atomic E-state index is -1.32. The number of ether oxygens (including phenoxy) is 1. The second-order valence-corrected chi connectivity index (χ2v) is 2.62. The van der Waals surface area contributed by atoms with E-state index in [1.165, 1.54) is 24.2 Å². The first-order valence-corrected chi connectivity index (χ1v) is 3.64. The maximum Gasteiger partial charge on any atom is 0.326 e. The third kappa shape index (κ3) is 1.58. The minimum Gasteiger partial charge on any atom is -0.468 e. The number of ketones is 1. The van der Waals surface area contributed by atoms with E-state index >= 15 is 0 Å². The minimum absolute atomic E-state index is 0.532. The largest absolute Gasteiger partial charge is 0.468 e. The van der Waals surface area contributed by atoms with Crippen molar-refractivity contribution in [3.63, 3.8) is 0 Å². The van der Waals surface area contributed by atoms with Gasteiger partial charge in [-0.2, -0.15) is 0 Å². The zero-order valence-corrected chi connectivity index (χ0v) is 7.31. The molecule has 0 spiro atoms. The molecule has 0 unspecified atom stereocenters. The maximum atomic E-state index is 11.3. The number of esters is 1. The molecule has 0 saturated carbocycles. The van der Waals surface area contributed by atoms with E-state index in [4.69, 9.17) is 0 Å². The van der Waals surface area contributed by atoms with E-state index < -0.39 is 23.6 Å². The molecule has 0 N–H and O–H groups in total. The molecule has 1 aliphatic rings. The number of nitrogens with zero attached hydrogens (tertiary/aromatic N) is 1. The fraction of sp³-hybridized carbons (Fsp3) is 0.375. The number of allylic oxidation sites excluding steroid dienone is 1. The second kappa shape index (κ2) is 3.38. The Kier molecular flexibility index (Phi) is 2.46. The summed E-state index contributed by atoms with van der Waals surface area (Å²) in [6, 6.07) is 0. The van der Waals surface area contributed by atoms with Crippen molar-refractivity contribution < 1.29 is 19.1 Å². The van der Waals surface area contributed by atoms with Crippen molar-refractivity contribution in [1.29, 1.82) is 0 Å². The topological polar surface area (TPSA) is 63.7 Å². The lowest BCUT2D eigenvalue weighted by Gasteiger charge is -2.20. The summed E-state index contributed by atoms with van der Waals surface area (Å²) >= 11 is 0. The highest BCUT2D eigenvalue weighted by atomic mass is 16.5. The molecule has 5 nitrogen and oxygen atoms in total. The van der Waals surface area contributed by atoms with Gasteiger partial charge < -0.3 is 9.64 Å². The van der Waals surface area contributed by atoms with Gasteiger partial charge in [0.15, 0.2) is 11.7 Å². The van der Waals surface area contributed by atoms with E-state index in [9.17, 15) is 14.4 Å². The summed E-state index contributed by atoms with van der Waals surface area (Å²) < 4.78 is 4.34. The number of amides is 1. The third-order valence-electron chi connectivity index (χ3n) is 1.78. The van der Waals surface area contributed by atoms with Gasteiger partial charge in [0, 0.05) is 13.2 Å². The molecule has 70 valence electrons. The highest BCUT2D eigenvalue weighted by Crippen LogP contribution is 2.12. The van der Waals surface area contributed by atoms with Crippen molar-refractivity contribution in [2.75, 3.05) is 14.2 Å². The van der Waals surface area contributed by atoms with E-state index in [1.54, 1.807) is 0 Å². The second-order valence-electron chi connectivity index (χ2n) is 2.62. The van der Waals surface area contributed by atoms with Crippen molar-refractivity contribution in [1.82, 2.24) is 4.90 Å². The lowest BCUT2D eigenvalue weighted by Crippen LogP contribution is -2.42. The number of methoxy groups -OCH3 is 1. The molecule has 5 heteroatoms. The van der Waals surface area contributed by atoms with Gasteiger partial charge in [-0.25, -0.2) is 0 Å². The number of hydrogen-bond donors (Lipinski definition) is 0. The molecule has 1 aliphatic heterocycles. The molecular formula is C8H9NO4. The van der Waals surface area contributed by atoms with Crippen LogP contribution in [0.3, 0.4) is 0 Å². The van der Waals surface area contributed by atoms with Gasteiger partial charge in [-0.1, -0.05) is 0 Å². The van der Waals surface area contributed by atoms with Crippen molar-refractivity contribution >= 4 is 17.7 Å². The van der Waals surface area contributed by atoms with Crippen LogP contribution in [0.4, 0.5) is 0 Å². The zero-order valence-electron chi connectivity index (χ0n) is 7.31. The molecule has 1 heterocycles. The Morgan fingerprint density at radius 2 is 2.15 bits per heavy atom. The van der Waals surface area contributed by atoms with Crippen LogP contribution in [-0.2, 0) is 19.1 Å². The van der Waals surface area contributed by atoms with E-state index in [0.29, 0.717) is 0 Å². The first-order valence-electron chi connectivity index (χ1n) is 3.64. The van der Waals surface area contributed by atoms with Gasteiger partial charge in [0.2, 0.25) is 5.91 Å².